The minimum atomic E-state index is -0.570. The molecule has 1 N–H and O–H groups in total. The topological polar surface area (TPSA) is 45.2 Å². The lowest BCUT2D eigenvalue weighted by Crippen LogP contribution is -2.46. The number of hydrogen-bond donors (Lipinski definition) is 1. The molecule has 2 rings (SSSR count). The Morgan fingerprint density at radius 1 is 1.59 bits per heavy atom. The number of piperidine rings is 1. The minimum absolute atomic E-state index is 0.173. The van der Waals surface area contributed by atoms with Crippen molar-refractivity contribution in [3.8, 4) is 0 Å². The van der Waals surface area contributed by atoms with Crippen LogP contribution in [-0.2, 0) is 0 Å². The van der Waals surface area contributed by atoms with Crippen molar-refractivity contribution in [1.82, 2.24) is 15.2 Å². The number of halogens is 1. The number of hydrogen-bond acceptors (Lipinski definition) is 3. The van der Waals surface area contributed by atoms with Crippen molar-refractivity contribution in [2.24, 2.45) is 0 Å². The molecule has 4 nitrogen and oxygen atoms in total. The molecule has 17 heavy (non-hydrogen) atoms. The highest BCUT2D eigenvalue weighted by Gasteiger charge is 2.19. The van der Waals surface area contributed by atoms with Crippen LogP contribution in [0.25, 0.3) is 0 Å². The van der Waals surface area contributed by atoms with Gasteiger partial charge in [0.05, 0.1) is 5.56 Å². The van der Waals surface area contributed by atoms with Crippen LogP contribution in [0.2, 0.25) is 0 Å². The quantitative estimate of drug-likeness (QED) is 0.782. The Morgan fingerprint density at radius 2 is 2.41 bits per heavy atom. The zero-order chi connectivity index (χ0) is 12.3. The molecule has 1 aromatic heterocycles. The first-order chi connectivity index (χ1) is 8.15. The molecule has 1 unspecified atom stereocenters. The summed E-state index contributed by atoms with van der Waals surface area (Å²) in [6.45, 7) is 1.94. The van der Waals surface area contributed by atoms with E-state index in [1.54, 1.807) is 0 Å². The molecule has 92 valence electrons. The summed E-state index contributed by atoms with van der Waals surface area (Å²) in [4.78, 5) is 17.5. The largest absolute Gasteiger partial charge is 0.348 e. The zero-order valence-electron chi connectivity index (χ0n) is 9.82. The fourth-order valence-corrected chi connectivity index (χ4v) is 2.06. The second-order valence-electron chi connectivity index (χ2n) is 4.44. The molecule has 1 amide bonds. The van der Waals surface area contributed by atoms with Crippen molar-refractivity contribution in [1.29, 1.82) is 0 Å². The van der Waals surface area contributed by atoms with Gasteiger partial charge in [-0.2, -0.15) is 4.39 Å². The highest BCUT2D eigenvalue weighted by atomic mass is 19.1. The Morgan fingerprint density at radius 3 is 3.06 bits per heavy atom. The van der Waals surface area contributed by atoms with Gasteiger partial charge in [0, 0.05) is 18.8 Å². The van der Waals surface area contributed by atoms with E-state index in [0.29, 0.717) is 5.56 Å². The Bertz CT molecular complexity index is 393. The van der Waals surface area contributed by atoms with E-state index >= 15 is 0 Å². The first-order valence-electron chi connectivity index (χ1n) is 5.76. The molecule has 1 aromatic rings. The lowest BCUT2D eigenvalue weighted by molar-refractivity contribution is 0.0912. The van der Waals surface area contributed by atoms with Gasteiger partial charge < -0.3 is 10.2 Å². The Balaban J connectivity index is 1.94. The Kier molecular flexibility index (Phi) is 3.68. The van der Waals surface area contributed by atoms with Gasteiger partial charge in [-0.1, -0.05) is 0 Å². The third-order valence-corrected chi connectivity index (χ3v) is 2.95. The standard InChI is InChI=1S/C12H16FN3O/c1-16-6-2-3-10(8-16)15-12(17)9-4-5-11(13)14-7-9/h4-5,7,10H,2-3,6,8H2,1H3,(H,15,17). The molecule has 0 aromatic carbocycles. The molecule has 1 fully saturated rings. The summed E-state index contributed by atoms with van der Waals surface area (Å²) in [6.07, 6.45) is 3.34. The molecular weight excluding hydrogens is 221 g/mol. The Hall–Kier alpha value is -1.49. The monoisotopic (exact) mass is 237 g/mol. The number of pyridine rings is 1. The fraction of sp³-hybridized carbons (Fsp3) is 0.500. The molecule has 0 radical (unpaired) electrons. The normalized spacial score (nSPS) is 21.2. The van der Waals surface area contributed by atoms with Crippen molar-refractivity contribution in [3.63, 3.8) is 0 Å². The third-order valence-electron chi connectivity index (χ3n) is 2.95. The summed E-state index contributed by atoms with van der Waals surface area (Å²) in [5, 5.41) is 2.94. The van der Waals surface area contributed by atoms with Crippen LogP contribution in [0.3, 0.4) is 0 Å². The van der Waals surface area contributed by atoms with Crippen LogP contribution in [0, 0.1) is 5.95 Å². The molecular formula is C12H16FN3O. The van der Waals surface area contributed by atoms with Gasteiger partial charge in [-0.25, -0.2) is 4.98 Å². The summed E-state index contributed by atoms with van der Waals surface area (Å²) in [5.74, 6) is -0.753. The van der Waals surface area contributed by atoms with Gasteiger partial charge in [0.15, 0.2) is 0 Å². The molecule has 1 aliphatic heterocycles. The van der Waals surface area contributed by atoms with Gasteiger partial charge in [-0.15, -0.1) is 0 Å². The molecule has 0 bridgehead atoms. The van der Waals surface area contributed by atoms with E-state index in [2.05, 4.69) is 15.2 Å². The maximum atomic E-state index is 12.6. The van der Waals surface area contributed by atoms with Crippen LogP contribution in [0.1, 0.15) is 23.2 Å². The number of rotatable bonds is 2. The van der Waals surface area contributed by atoms with Gasteiger partial charge in [0.25, 0.3) is 5.91 Å². The van der Waals surface area contributed by atoms with Gasteiger partial charge in [0.1, 0.15) is 0 Å². The number of likely N-dealkylation sites (N-methyl/N-ethyl adjacent to an activating group) is 1. The molecule has 0 saturated carbocycles. The summed E-state index contributed by atoms with van der Waals surface area (Å²) >= 11 is 0. The highest BCUT2D eigenvalue weighted by molar-refractivity contribution is 5.94. The predicted octanol–water partition coefficient (Wildman–Crippen LogP) is 1.04. The third kappa shape index (κ3) is 3.23. The lowest BCUT2D eigenvalue weighted by atomic mass is 10.1. The maximum Gasteiger partial charge on any atom is 0.253 e. The van der Waals surface area contributed by atoms with Crippen LogP contribution < -0.4 is 5.32 Å². The number of carbonyl (C=O) groups excluding carboxylic acids is 1. The van der Waals surface area contributed by atoms with E-state index in [1.807, 2.05) is 7.05 Å². The molecule has 0 aliphatic carbocycles. The van der Waals surface area contributed by atoms with Gasteiger partial charge in [-0.05, 0) is 38.6 Å². The SMILES string of the molecule is CN1CCCC(NC(=O)c2ccc(F)nc2)C1. The molecule has 1 saturated heterocycles. The average Bonchev–Trinajstić information content (AvgIpc) is 2.29. The number of amides is 1. The van der Waals surface area contributed by atoms with Crippen LogP contribution in [-0.4, -0.2) is 42.0 Å². The maximum absolute atomic E-state index is 12.6. The number of nitrogens with zero attached hydrogens (tertiary/aromatic N) is 2. The number of likely N-dealkylation sites (tertiary alicyclic amines) is 1. The summed E-state index contributed by atoms with van der Waals surface area (Å²) in [5.41, 5.74) is 0.402. The first kappa shape index (κ1) is 12.0. The molecule has 0 spiro atoms. The van der Waals surface area contributed by atoms with Crippen molar-refractivity contribution >= 4 is 5.91 Å². The van der Waals surface area contributed by atoms with Crippen LogP contribution in [0.15, 0.2) is 18.3 Å². The fourth-order valence-electron chi connectivity index (χ4n) is 2.06. The van der Waals surface area contributed by atoms with E-state index in [4.69, 9.17) is 0 Å². The molecule has 2 heterocycles. The van der Waals surface area contributed by atoms with E-state index in [0.717, 1.165) is 25.9 Å². The van der Waals surface area contributed by atoms with Gasteiger partial charge in [-0.3, -0.25) is 4.79 Å². The highest BCUT2D eigenvalue weighted by Crippen LogP contribution is 2.09. The summed E-state index contributed by atoms with van der Waals surface area (Å²) in [6, 6.07) is 2.82. The van der Waals surface area contributed by atoms with Crippen LogP contribution in [0.4, 0.5) is 4.39 Å². The molecule has 1 aliphatic rings. The van der Waals surface area contributed by atoms with E-state index in [1.165, 1.54) is 18.3 Å². The second kappa shape index (κ2) is 5.23. The van der Waals surface area contributed by atoms with Crippen molar-refractivity contribution < 1.29 is 9.18 Å². The zero-order valence-corrected chi connectivity index (χ0v) is 9.82. The summed E-state index contributed by atoms with van der Waals surface area (Å²) < 4.78 is 12.6. The van der Waals surface area contributed by atoms with E-state index < -0.39 is 5.95 Å². The van der Waals surface area contributed by atoms with Crippen LogP contribution in [0.5, 0.6) is 0 Å². The van der Waals surface area contributed by atoms with Crippen molar-refractivity contribution in [3.05, 3.63) is 29.8 Å². The number of aromatic nitrogens is 1. The first-order valence-corrected chi connectivity index (χ1v) is 5.76. The van der Waals surface area contributed by atoms with Crippen molar-refractivity contribution in [2.75, 3.05) is 20.1 Å². The van der Waals surface area contributed by atoms with Gasteiger partial charge >= 0.3 is 0 Å². The lowest BCUT2D eigenvalue weighted by Gasteiger charge is -2.30. The molecule has 1 atom stereocenters. The average molecular weight is 237 g/mol. The van der Waals surface area contributed by atoms with E-state index in [-0.39, 0.29) is 11.9 Å². The van der Waals surface area contributed by atoms with E-state index in [9.17, 15) is 9.18 Å². The van der Waals surface area contributed by atoms with Crippen LogP contribution >= 0.6 is 0 Å². The van der Waals surface area contributed by atoms with Gasteiger partial charge in [0.2, 0.25) is 5.95 Å². The number of carbonyl (C=O) groups is 1. The van der Waals surface area contributed by atoms with Crippen molar-refractivity contribution in [2.45, 2.75) is 18.9 Å². The predicted molar refractivity (Wildman–Crippen MR) is 62.2 cm³/mol. The smallest absolute Gasteiger partial charge is 0.253 e. The Labute approximate surface area is 99.8 Å². The number of nitrogens with one attached hydrogen (secondary N) is 1. The second-order valence-corrected chi connectivity index (χ2v) is 4.44. The molecule has 5 heteroatoms. The minimum Gasteiger partial charge on any atom is -0.348 e. The summed E-state index contributed by atoms with van der Waals surface area (Å²) in [7, 11) is 2.04.